The Kier molecular flexibility index (Phi) is 4.48. The number of carbonyl (C=O) groups excluding carboxylic acids is 1. The summed E-state index contributed by atoms with van der Waals surface area (Å²) in [5.41, 5.74) is 1.88. The summed E-state index contributed by atoms with van der Waals surface area (Å²) in [5, 5.41) is 4.08. The molecule has 1 aliphatic heterocycles. The van der Waals surface area contributed by atoms with Crippen molar-refractivity contribution >= 4 is 5.91 Å². The highest BCUT2D eigenvalue weighted by atomic mass is 16.5. The third kappa shape index (κ3) is 3.35. The molecule has 3 heterocycles. The summed E-state index contributed by atoms with van der Waals surface area (Å²) in [7, 11) is 0. The van der Waals surface area contributed by atoms with E-state index in [0.717, 1.165) is 0 Å². The molecule has 26 heavy (non-hydrogen) atoms. The first-order chi connectivity index (χ1) is 12.7. The summed E-state index contributed by atoms with van der Waals surface area (Å²) in [4.78, 5) is 23.0. The monoisotopic (exact) mass is 348 g/mol. The van der Waals surface area contributed by atoms with Crippen molar-refractivity contribution in [3.05, 3.63) is 66.1 Å². The Balaban J connectivity index is 1.44. The largest absolute Gasteiger partial charge is 0.341 e. The van der Waals surface area contributed by atoms with Crippen molar-refractivity contribution in [1.82, 2.24) is 20.0 Å². The molecule has 0 radical (unpaired) electrons. The molecule has 1 amide bonds. The van der Waals surface area contributed by atoms with Crippen molar-refractivity contribution in [3.8, 4) is 11.6 Å². The van der Waals surface area contributed by atoms with Gasteiger partial charge in [0.25, 0.3) is 5.89 Å². The number of hydrogen-bond acceptors (Lipinski definition) is 5. The summed E-state index contributed by atoms with van der Waals surface area (Å²) in [6, 6.07) is 15.8. The lowest BCUT2D eigenvalue weighted by Crippen LogP contribution is -2.29. The average Bonchev–Trinajstić information content (AvgIpc) is 3.31. The van der Waals surface area contributed by atoms with Gasteiger partial charge in [-0.2, -0.15) is 4.98 Å². The maximum absolute atomic E-state index is 12.4. The first-order valence-electron chi connectivity index (χ1n) is 8.78. The van der Waals surface area contributed by atoms with Crippen molar-refractivity contribution in [2.75, 3.05) is 13.1 Å². The lowest BCUT2D eigenvalue weighted by molar-refractivity contribution is -0.127. The first-order valence-corrected chi connectivity index (χ1v) is 8.78. The Morgan fingerprint density at radius 2 is 2.00 bits per heavy atom. The number of amides is 1. The Labute approximate surface area is 151 Å². The van der Waals surface area contributed by atoms with Crippen LogP contribution in [-0.4, -0.2) is 39.0 Å². The number of pyridine rings is 1. The van der Waals surface area contributed by atoms with Crippen LogP contribution in [0.1, 0.15) is 36.6 Å². The molecule has 1 aromatic carbocycles. The van der Waals surface area contributed by atoms with Crippen LogP contribution in [0.3, 0.4) is 0 Å². The fourth-order valence-corrected chi connectivity index (χ4v) is 3.33. The molecule has 1 aliphatic rings. The summed E-state index contributed by atoms with van der Waals surface area (Å²) in [5.74, 6) is 1.36. The summed E-state index contributed by atoms with van der Waals surface area (Å²) in [6.07, 6.45) is 2.10. The molecule has 0 saturated carbocycles. The van der Waals surface area contributed by atoms with Crippen molar-refractivity contribution in [2.24, 2.45) is 0 Å². The van der Waals surface area contributed by atoms with Crippen LogP contribution in [-0.2, 0) is 4.79 Å². The molecule has 4 rings (SSSR count). The van der Waals surface area contributed by atoms with Crippen LogP contribution in [0.2, 0.25) is 0 Å². The van der Waals surface area contributed by atoms with Crippen LogP contribution in [0.4, 0.5) is 0 Å². The molecule has 2 aromatic heterocycles. The highest BCUT2D eigenvalue weighted by Gasteiger charge is 2.34. The van der Waals surface area contributed by atoms with E-state index < -0.39 is 0 Å². The van der Waals surface area contributed by atoms with Gasteiger partial charge in [0.2, 0.25) is 5.91 Å². The number of benzene rings is 1. The molecule has 0 N–H and O–H groups in total. The minimum Gasteiger partial charge on any atom is -0.341 e. The quantitative estimate of drug-likeness (QED) is 0.708. The molecule has 2 unspecified atom stereocenters. The number of rotatable bonds is 5. The predicted molar refractivity (Wildman–Crippen MR) is 96.3 cm³/mol. The average molecular weight is 348 g/mol. The maximum Gasteiger partial charge on any atom is 0.276 e. The molecule has 2 atom stereocenters. The summed E-state index contributed by atoms with van der Waals surface area (Å²) < 4.78 is 5.33. The van der Waals surface area contributed by atoms with Crippen LogP contribution in [0, 0.1) is 0 Å². The normalized spacial score (nSPS) is 18.3. The van der Waals surface area contributed by atoms with E-state index in [1.807, 2.05) is 41.3 Å². The smallest absolute Gasteiger partial charge is 0.276 e. The Bertz CT molecular complexity index is 879. The van der Waals surface area contributed by atoms with Crippen LogP contribution in [0.5, 0.6) is 0 Å². The summed E-state index contributed by atoms with van der Waals surface area (Å²) in [6.45, 7) is 3.46. The van der Waals surface area contributed by atoms with E-state index in [-0.39, 0.29) is 17.7 Å². The maximum atomic E-state index is 12.4. The molecule has 132 valence electrons. The van der Waals surface area contributed by atoms with Gasteiger partial charge in [-0.3, -0.25) is 9.78 Å². The molecule has 6 heteroatoms. The van der Waals surface area contributed by atoms with Gasteiger partial charge < -0.3 is 9.42 Å². The van der Waals surface area contributed by atoms with Gasteiger partial charge in [0.1, 0.15) is 5.69 Å². The van der Waals surface area contributed by atoms with E-state index in [1.54, 1.807) is 6.20 Å². The molecule has 0 aliphatic carbocycles. The van der Waals surface area contributed by atoms with Gasteiger partial charge in [-0.05, 0) is 23.6 Å². The Hall–Kier alpha value is -3.02. The van der Waals surface area contributed by atoms with E-state index >= 15 is 0 Å². The van der Waals surface area contributed by atoms with Crippen LogP contribution in [0.25, 0.3) is 11.6 Å². The van der Waals surface area contributed by atoms with E-state index in [0.29, 0.717) is 36.9 Å². The molecule has 1 fully saturated rings. The molecule has 3 aromatic rings. The topological polar surface area (TPSA) is 72.1 Å². The van der Waals surface area contributed by atoms with Crippen molar-refractivity contribution < 1.29 is 9.32 Å². The molecule has 1 saturated heterocycles. The first kappa shape index (κ1) is 16.4. The fraction of sp³-hybridized carbons (Fsp3) is 0.300. The second-order valence-electron chi connectivity index (χ2n) is 6.68. The standard InChI is InChI=1S/C20H20N4O2/c1-14(15-7-3-2-4-8-15)12-24-13-16(11-18(24)25)19-22-20(26-23-19)17-9-5-6-10-21-17/h2-10,14,16H,11-13H2,1H3. The van der Waals surface area contributed by atoms with Crippen LogP contribution < -0.4 is 0 Å². The zero-order valence-corrected chi connectivity index (χ0v) is 14.6. The van der Waals surface area contributed by atoms with Crippen LogP contribution in [0.15, 0.2) is 59.3 Å². The molecule has 6 nitrogen and oxygen atoms in total. The van der Waals surface area contributed by atoms with Gasteiger partial charge in [-0.15, -0.1) is 0 Å². The zero-order chi connectivity index (χ0) is 17.9. The van der Waals surface area contributed by atoms with E-state index in [9.17, 15) is 4.79 Å². The van der Waals surface area contributed by atoms with Crippen LogP contribution >= 0.6 is 0 Å². The predicted octanol–water partition coefficient (Wildman–Crippen LogP) is 3.25. The second kappa shape index (κ2) is 7.07. The van der Waals surface area contributed by atoms with Gasteiger partial charge in [0, 0.05) is 31.6 Å². The fourth-order valence-electron chi connectivity index (χ4n) is 3.33. The zero-order valence-electron chi connectivity index (χ0n) is 14.6. The van der Waals surface area contributed by atoms with E-state index in [2.05, 4.69) is 34.2 Å². The van der Waals surface area contributed by atoms with Crippen molar-refractivity contribution in [3.63, 3.8) is 0 Å². The third-order valence-electron chi connectivity index (χ3n) is 4.77. The van der Waals surface area contributed by atoms with E-state index in [4.69, 9.17) is 4.52 Å². The SMILES string of the molecule is CC(CN1CC(c2noc(-c3ccccn3)n2)CC1=O)c1ccccc1. The molecule has 0 spiro atoms. The Morgan fingerprint density at radius 3 is 2.77 bits per heavy atom. The number of likely N-dealkylation sites (tertiary alicyclic amines) is 1. The van der Waals surface area contributed by atoms with Gasteiger partial charge in [0.15, 0.2) is 5.82 Å². The van der Waals surface area contributed by atoms with Gasteiger partial charge in [-0.1, -0.05) is 48.5 Å². The lowest BCUT2D eigenvalue weighted by atomic mass is 10.0. The highest BCUT2D eigenvalue weighted by molar-refractivity contribution is 5.79. The summed E-state index contributed by atoms with van der Waals surface area (Å²) >= 11 is 0. The van der Waals surface area contributed by atoms with E-state index in [1.165, 1.54) is 5.56 Å². The van der Waals surface area contributed by atoms with Gasteiger partial charge in [-0.25, -0.2) is 0 Å². The highest BCUT2D eigenvalue weighted by Crippen LogP contribution is 2.29. The Morgan fingerprint density at radius 1 is 1.19 bits per heavy atom. The third-order valence-corrected chi connectivity index (χ3v) is 4.77. The number of carbonyl (C=O) groups is 1. The lowest BCUT2D eigenvalue weighted by Gasteiger charge is -2.21. The number of hydrogen-bond donors (Lipinski definition) is 0. The van der Waals surface area contributed by atoms with Gasteiger partial charge in [0.05, 0.1) is 0 Å². The minimum atomic E-state index is -0.0355. The second-order valence-corrected chi connectivity index (χ2v) is 6.68. The minimum absolute atomic E-state index is 0.0355. The molecular formula is C20H20N4O2. The number of aromatic nitrogens is 3. The molecule has 0 bridgehead atoms. The van der Waals surface area contributed by atoms with Crippen molar-refractivity contribution in [1.29, 1.82) is 0 Å². The molecular weight excluding hydrogens is 328 g/mol. The van der Waals surface area contributed by atoms with Gasteiger partial charge >= 0.3 is 0 Å². The van der Waals surface area contributed by atoms with Crippen molar-refractivity contribution in [2.45, 2.75) is 25.2 Å². The number of nitrogens with zero attached hydrogens (tertiary/aromatic N) is 4.